The summed E-state index contributed by atoms with van der Waals surface area (Å²) in [6.45, 7) is 0.312. The van der Waals surface area contributed by atoms with E-state index in [1.54, 1.807) is 0 Å². The lowest BCUT2D eigenvalue weighted by molar-refractivity contribution is -0.137. The van der Waals surface area contributed by atoms with Crippen LogP contribution in [0, 0.1) is 0 Å². The summed E-state index contributed by atoms with van der Waals surface area (Å²) in [5.41, 5.74) is 0. The Labute approximate surface area is 84.0 Å². The summed E-state index contributed by atoms with van der Waals surface area (Å²) in [6, 6.07) is 0. The summed E-state index contributed by atoms with van der Waals surface area (Å²) < 4.78 is 23.3. The van der Waals surface area contributed by atoms with Crippen LogP contribution in [0.4, 0.5) is 0 Å². The van der Waals surface area contributed by atoms with E-state index in [2.05, 4.69) is 4.72 Å². The molecule has 0 saturated carbocycles. The van der Waals surface area contributed by atoms with Crippen LogP contribution in [0.25, 0.3) is 0 Å². The van der Waals surface area contributed by atoms with Crippen LogP contribution >= 0.6 is 12.4 Å². The molecule has 5 nitrogen and oxygen atoms in total. The number of hydrogen-bond acceptors (Lipinski definition) is 3. The summed E-state index contributed by atoms with van der Waals surface area (Å²) >= 11 is 0. The summed E-state index contributed by atoms with van der Waals surface area (Å²) in [5.74, 6) is -0.852. The highest BCUT2D eigenvalue weighted by molar-refractivity contribution is 7.88. The van der Waals surface area contributed by atoms with Gasteiger partial charge in [0, 0.05) is 13.0 Å². The van der Waals surface area contributed by atoms with Gasteiger partial charge in [0.15, 0.2) is 0 Å². The van der Waals surface area contributed by atoms with Crippen LogP contribution in [0.5, 0.6) is 0 Å². The van der Waals surface area contributed by atoms with Crippen LogP contribution in [-0.2, 0) is 14.8 Å². The lowest BCUT2D eigenvalue weighted by Crippen LogP contribution is -2.22. The third-order valence-corrected chi connectivity index (χ3v) is 1.91. The van der Waals surface area contributed by atoms with E-state index < -0.39 is 16.0 Å². The minimum Gasteiger partial charge on any atom is -0.481 e. The molecule has 0 fully saturated rings. The van der Waals surface area contributed by atoms with E-state index in [4.69, 9.17) is 5.11 Å². The second kappa shape index (κ2) is 7.11. The Hall–Kier alpha value is -0.330. The molecule has 0 heterocycles. The Balaban J connectivity index is 0. The van der Waals surface area contributed by atoms with E-state index in [9.17, 15) is 13.2 Å². The quantitative estimate of drug-likeness (QED) is 0.641. The highest BCUT2D eigenvalue weighted by Crippen LogP contribution is 1.93. The summed E-state index contributed by atoms with van der Waals surface area (Å²) in [7, 11) is -3.12. The van der Waals surface area contributed by atoms with Crippen LogP contribution in [0.2, 0.25) is 0 Å². The molecule has 0 unspecified atom stereocenters. The first-order chi connectivity index (χ1) is 5.42. The summed E-state index contributed by atoms with van der Waals surface area (Å²) in [6.07, 6.45) is 2.22. The molecule has 0 atom stereocenters. The number of unbranched alkanes of at least 4 members (excludes halogenated alkanes) is 1. The zero-order chi connectivity index (χ0) is 9.61. The van der Waals surface area contributed by atoms with Gasteiger partial charge in [0.25, 0.3) is 0 Å². The Kier molecular flexibility index (Phi) is 8.29. The van der Waals surface area contributed by atoms with Crippen molar-refractivity contribution >= 4 is 28.4 Å². The highest BCUT2D eigenvalue weighted by Gasteiger charge is 2.00. The number of rotatable bonds is 6. The maximum atomic E-state index is 10.5. The van der Waals surface area contributed by atoms with E-state index >= 15 is 0 Å². The molecule has 0 radical (unpaired) electrons. The molecule has 0 saturated heterocycles. The predicted molar refractivity (Wildman–Crippen MR) is 51.6 cm³/mol. The molecule has 0 aromatic rings. The number of carbonyl (C=O) groups is 1. The fraction of sp³-hybridized carbons (Fsp3) is 0.833. The fourth-order valence-corrected chi connectivity index (χ4v) is 1.17. The van der Waals surface area contributed by atoms with Gasteiger partial charge in [-0.1, -0.05) is 0 Å². The Morgan fingerprint density at radius 3 is 2.31 bits per heavy atom. The van der Waals surface area contributed by atoms with Crippen LogP contribution in [0.1, 0.15) is 19.3 Å². The molecule has 80 valence electrons. The Bertz CT molecular complexity index is 239. The number of nitrogens with one attached hydrogen (secondary N) is 1. The molecule has 0 aliphatic heterocycles. The minimum absolute atomic E-state index is 0. The van der Waals surface area contributed by atoms with Gasteiger partial charge in [0.2, 0.25) is 10.0 Å². The average Bonchev–Trinajstić information content (AvgIpc) is 1.83. The van der Waals surface area contributed by atoms with Gasteiger partial charge in [-0.25, -0.2) is 13.1 Å². The van der Waals surface area contributed by atoms with Crippen LogP contribution < -0.4 is 4.72 Å². The minimum atomic E-state index is -3.12. The molecule has 0 amide bonds. The van der Waals surface area contributed by atoms with E-state index in [0.29, 0.717) is 19.4 Å². The molecule has 0 rings (SSSR count). The smallest absolute Gasteiger partial charge is 0.303 e. The van der Waals surface area contributed by atoms with Gasteiger partial charge in [-0.15, -0.1) is 12.4 Å². The first kappa shape index (κ1) is 15.2. The number of halogens is 1. The monoisotopic (exact) mass is 231 g/mol. The Morgan fingerprint density at radius 1 is 1.38 bits per heavy atom. The van der Waals surface area contributed by atoms with Crippen molar-refractivity contribution in [1.29, 1.82) is 0 Å². The molecular formula is C6H14ClNO4S. The lowest BCUT2D eigenvalue weighted by atomic mass is 10.2. The van der Waals surface area contributed by atoms with Crippen molar-refractivity contribution in [2.45, 2.75) is 19.3 Å². The van der Waals surface area contributed by atoms with Crippen LogP contribution in [-0.4, -0.2) is 32.3 Å². The SMILES string of the molecule is CS(=O)(=O)NCCCCC(=O)O.Cl. The molecule has 0 aliphatic rings. The molecule has 13 heavy (non-hydrogen) atoms. The summed E-state index contributed by atoms with van der Waals surface area (Å²) in [4.78, 5) is 10.0. The first-order valence-electron chi connectivity index (χ1n) is 3.58. The molecule has 0 aliphatic carbocycles. The third-order valence-electron chi connectivity index (χ3n) is 1.18. The number of carboxylic acid groups (broad SMARTS) is 1. The highest BCUT2D eigenvalue weighted by atomic mass is 35.5. The van der Waals surface area contributed by atoms with Crippen molar-refractivity contribution in [3.8, 4) is 0 Å². The maximum absolute atomic E-state index is 10.5. The average molecular weight is 232 g/mol. The second-order valence-electron chi connectivity index (χ2n) is 2.52. The molecular weight excluding hydrogens is 218 g/mol. The normalized spacial score (nSPS) is 10.5. The Morgan fingerprint density at radius 2 is 1.92 bits per heavy atom. The van der Waals surface area contributed by atoms with Crippen LogP contribution in [0.15, 0.2) is 0 Å². The zero-order valence-corrected chi connectivity index (χ0v) is 8.95. The molecule has 2 N–H and O–H groups in total. The van der Waals surface area contributed by atoms with Gasteiger partial charge in [-0.3, -0.25) is 4.79 Å². The number of hydrogen-bond donors (Lipinski definition) is 2. The maximum Gasteiger partial charge on any atom is 0.303 e. The van der Waals surface area contributed by atoms with Crippen molar-refractivity contribution in [2.24, 2.45) is 0 Å². The van der Waals surface area contributed by atoms with Gasteiger partial charge >= 0.3 is 5.97 Å². The van der Waals surface area contributed by atoms with Gasteiger partial charge in [0.05, 0.1) is 6.26 Å². The first-order valence-corrected chi connectivity index (χ1v) is 5.47. The largest absolute Gasteiger partial charge is 0.481 e. The van der Waals surface area contributed by atoms with E-state index in [0.717, 1.165) is 6.26 Å². The van der Waals surface area contributed by atoms with Crippen LogP contribution in [0.3, 0.4) is 0 Å². The number of aliphatic carboxylic acids is 1. The third kappa shape index (κ3) is 14.5. The molecule has 0 spiro atoms. The van der Waals surface area contributed by atoms with Crippen molar-refractivity contribution in [2.75, 3.05) is 12.8 Å². The van der Waals surface area contributed by atoms with Crippen molar-refractivity contribution < 1.29 is 18.3 Å². The predicted octanol–water partition coefficient (Wildman–Crippen LogP) is 0.212. The molecule has 0 bridgehead atoms. The standard InChI is InChI=1S/C6H13NO4S.ClH/c1-12(10,11)7-5-3-2-4-6(8)9;/h7H,2-5H2,1H3,(H,8,9);1H. The second-order valence-corrected chi connectivity index (χ2v) is 4.35. The van der Waals surface area contributed by atoms with Crippen molar-refractivity contribution in [1.82, 2.24) is 4.72 Å². The fourth-order valence-electron chi connectivity index (χ4n) is 0.659. The van der Waals surface area contributed by atoms with E-state index in [1.165, 1.54) is 0 Å². The van der Waals surface area contributed by atoms with E-state index in [-0.39, 0.29) is 18.8 Å². The summed E-state index contributed by atoms with van der Waals surface area (Å²) in [5, 5.41) is 8.23. The van der Waals surface area contributed by atoms with Crippen molar-refractivity contribution in [3.63, 3.8) is 0 Å². The van der Waals surface area contributed by atoms with Gasteiger partial charge in [0.1, 0.15) is 0 Å². The molecule has 7 heteroatoms. The number of carboxylic acids is 1. The van der Waals surface area contributed by atoms with Gasteiger partial charge < -0.3 is 5.11 Å². The van der Waals surface area contributed by atoms with E-state index in [1.807, 2.05) is 0 Å². The van der Waals surface area contributed by atoms with Gasteiger partial charge in [-0.2, -0.15) is 0 Å². The molecule has 0 aromatic heterocycles. The zero-order valence-electron chi connectivity index (χ0n) is 7.32. The van der Waals surface area contributed by atoms with Crippen molar-refractivity contribution in [3.05, 3.63) is 0 Å². The lowest BCUT2D eigenvalue weighted by Gasteiger charge is -1.99. The topological polar surface area (TPSA) is 83.5 Å². The number of sulfonamides is 1. The van der Waals surface area contributed by atoms with Gasteiger partial charge in [-0.05, 0) is 12.8 Å². The molecule has 0 aromatic carbocycles.